The number of carbonyl (C=O) groups excluding carboxylic acids is 1. The van der Waals surface area contributed by atoms with Gasteiger partial charge in [0.1, 0.15) is 5.75 Å². The zero-order valence-electron chi connectivity index (χ0n) is 17.8. The fourth-order valence-corrected chi connectivity index (χ4v) is 3.57. The molecule has 0 spiro atoms. The third-order valence-electron chi connectivity index (χ3n) is 5.65. The van der Waals surface area contributed by atoms with E-state index in [1.54, 1.807) is 43.6 Å². The molecule has 1 fully saturated rings. The van der Waals surface area contributed by atoms with Crippen molar-refractivity contribution in [3.63, 3.8) is 0 Å². The third-order valence-corrected chi connectivity index (χ3v) is 5.65. The minimum absolute atomic E-state index is 0.183. The van der Waals surface area contributed by atoms with Crippen molar-refractivity contribution >= 4 is 5.91 Å². The summed E-state index contributed by atoms with van der Waals surface area (Å²) in [5.41, 5.74) is 1.29. The third kappa shape index (κ3) is 4.13. The number of ether oxygens (including phenoxy) is 2. The van der Waals surface area contributed by atoms with Gasteiger partial charge in [-0.1, -0.05) is 0 Å². The van der Waals surface area contributed by atoms with E-state index in [-0.39, 0.29) is 17.0 Å². The Morgan fingerprint density at radius 1 is 1.28 bits per heavy atom. The van der Waals surface area contributed by atoms with E-state index in [2.05, 4.69) is 15.4 Å². The lowest BCUT2D eigenvalue weighted by atomic mass is 10.1. The number of hydrogen-bond donors (Lipinski definition) is 2. The van der Waals surface area contributed by atoms with Gasteiger partial charge in [-0.25, -0.2) is 9.67 Å². The summed E-state index contributed by atoms with van der Waals surface area (Å²) in [7, 11) is 3.13. The number of rotatable bonds is 8. The van der Waals surface area contributed by atoms with Crippen LogP contribution in [0.15, 0.2) is 47.5 Å². The zero-order chi connectivity index (χ0) is 22.7. The van der Waals surface area contributed by atoms with Crippen molar-refractivity contribution < 1.29 is 14.3 Å². The summed E-state index contributed by atoms with van der Waals surface area (Å²) in [4.78, 5) is 29.9. The molecule has 1 aliphatic carbocycles. The first-order valence-corrected chi connectivity index (χ1v) is 10.2. The molecule has 1 aliphatic rings. The minimum atomic E-state index is -0.325. The summed E-state index contributed by atoms with van der Waals surface area (Å²) in [5, 5.41) is 15.0. The van der Waals surface area contributed by atoms with Gasteiger partial charge < -0.3 is 14.8 Å². The highest BCUT2D eigenvalue weighted by Gasteiger charge is 2.43. The summed E-state index contributed by atoms with van der Waals surface area (Å²) in [6, 6.07) is 10.2. The summed E-state index contributed by atoms with van der Waals surface area (Å²) < 4.78 is 11.7. The fraction of sp³-hybridized carbons (Fsp3) is 0.304. The van der Waals surface area contributed by atoms with Gasteiger partial charge in [0.2, 0.25) is 0 Å². The second-order valence-corrected chi connectivity index (χ2v) is 7.74. The first-order chi connectivity index (χ1) is 15.5. The van der Waals surface area contributed by atoms with Crippen molar-refractivity contribution in [2.75, 3.05) is 20.8 Å². The molecule has 32 heavy (non-hydrogen) atoms. The smallest absolute Gasteiger partial charge is 0.280 e. The van der Waals surface area contributed by atoms with E-state index in [4.69, 9.17) is 14.7 Å². The molecule has 3 aromatic rings. The number of carbonyl (C=O) groups is 1. The van der Waals surface area contributed by atoms with E-state index in [0.717, 1.165) is 19.3 Å². The maximum absolute atomic E-state index is 13.0. The van der Waals surface area contributed by atoms with Crippen LogP contribution in [-0.4, -0.2) is 47.0 Å². The lowest BCUT2D eigenvalue weighted by Gasteiger charge is -2.16. The predicted molar refractivity (Wildman–Crippen MR) is 117 cm³/mol. The van der Waals surface area contributed by atoms with Crippen LogP contribution in [0.3, 0.4) is 0 Å². The fourth-order valence-electron chi connectivity index (χ4n) is 3.57. The van der Waals surface area contributed by atoms with Crippen molar-refractivity contribution in [3.8, 4) is 28.8 Å². The molecule has 0 radical (unpaired) electrons. The van der Waals surface area contributed by atoms with Crippen molar-refractivity contribution in [2.24, 2.45) is 0 Å². The van der Waals surface area contributed by atoms with E-state index in [9.17, 15) is 9.59 Å². The van der Waals surface area contributed by atoms with Crippen molar-refractivity contribution in [1.82, 2.24) is 20.1 Å². The number of aromatic nitrogens is 3. The van der Waals surface area contributed by atoms with Gasteiger partial charge in [-0.15, -0.1) is 0 Å². The minimum Gasteiger partial charge on any atom is -0.496 e. The van der Waals surface area contributed by atoms with E-state index in [1.807, 2.05) is 6.07 Å². The van der Waals surface area contributed by atoms with Gasteiger partial charge in [0.25, 0.3) is 11.5 Å². The summed E-state index contributed by atoms with van der Waals surface area (Å²) in [5.74, 6) is 0.584. The van der Waals surface area contributed by atoms with Crippen LogP contribution in [-0.2, 0) is 4.74 Å². The average molecular weight is 433 g/mol. The number of methoxy groups -OCH3 is 2. The standard InChI is InChI=1S/C23H23N5O4/c1-31-10-9-23(7-8-23)27-21(29)16-4-6-20(25-13-16)28-22(30)18(14-26-28)17-5-3-15(12-24)11-19(17)32-2/h3-6,11,13-14,26H,7-10H2,1-2H3,(H,27,29). The monoisotopic (exact) mass is 433 g/mol. The molecule has 0 atom stereocenters. The molecule has 2 heterocycles. The topological polar surface area (TPSA) is 122 Å². The number of amides is 1. The molecule has 1 aromatic carbocycles. The summed E-state index contributed by atoms with van der Waals surface area (Å²) in [6.07, 6.45) is 5.66. The zero-order valence-corrected chi connectivity index (χ0v) is 17.8. The summed E-state index contributed by atoms with van der Waals surface area (Å²) in [6.45, 7) is 0.597. The van der Waals surface area contributed by atoms with Crippen LogP contribution in [0, 0.1) is 11.3 Å². The molecule has 4 rings (SSSR count). The quantitative estimate of drug-likeness (QED) is 0.563. The van der Waals surface area contributed by atoms with Crippen molar-refractivity contribution in [3.05, 3.63) is 64.2 Å². The van der Waals surface area contributed by atoms with Gasteiger partial charge in [-0.2, -0.15) is 5.26 Å². The van der Waals surface area contributed by atoms with Crippen LogP contribution >= 0.6 is 0 Å². The first-order valence-electron chi connectivity index (χ1n) is 10.2. The normalized spacial score (nSPS) is 13.9. The van der Waals surface area contributed by atoms with Crippen molar-refractivity contribution in [2.45, 2.75) is 24.8 Å². The molecule has 0 aliphatic heterocycles. The number of nitrogens with one attached hydrogen (secondary N) is 2. The molecule has 0 bridgehead atoms. The highest BCUT2D eigenvalue weighted by molar-refractivity contribution is 5.94. The lowest BCUT2D eigenvalue weighted by Crippen LogP contribution is -2.37. The van der Waals surface area contributed by atoms with Gasteiger partial charge >= 0.3 is 0 Å². The van der Waals surface area contributed by atoms with Gasteiger partial charge in [0, 0.05) is 37.2 Å². The van der Waals surface area contributed by atoms with Crippen LogP contribution in [0.1, 0.15) is 35.2 Å². The number of aromatic amines is 1. The van der Waals surface area contributed by atoms with Crippen LogP contribution in [0.25, 0.3) is 16.9 Å². The highest BCUT2D eigenvalue weighted by Crippen LogP contribution is 2.38. The Labute approximate surface area is 184 Å². The van der Waals surface area contributed by atoms with Gasteiger partial charge in [-0.05, 0) is 49.6 Å². The number of nitrogens with zero attached hydrogens (tertiary/aromatic N) is 3. The van der Waals surface area contributed by atoms with Crippen LogP contribution < -0.4 is 15.6 Å². The van der Waals surface area contributed by atoms with Crippen LogP contribution in [0.4, 0.5) is 0 Å². The van der Waals surface area contributed by atoms with Crippen LogP contribution in [0.5, 0.6) is 5.75 Å². The molecule has 1 amide bonds. The number of pyridine rings is 1. The molecular weight excluding hydrogens is 410 g/mol. The predicted octanol–water partition coefficient (Wildman–Crippen LogP) is 2.41. The number of hydrogen-bond acceptors (Lipinski definition) is 6. The summed E-state index contributed by atoms with van der Waals surface area (Å²) >= 11 is 0. The van der Waals surface area contributed by atoms with Gasteiger partial charge in [-0.3, -0.25) is 14.7 Å². The maximum atomic E-state index is 13.0. The largest absolute Gasteiger partial charge is 0.496 e. The molecule has 1 saturated carbocycles. The number of benzene rings is 1. The van der Waals surface area contributed by atoms with Gasteiger partial charge in [0.15, 0.2) is 5.82 Å². The lowest BCUT2D eigenvalue weighted by molar-refractivity contribution is 0.0916. The number of H-pyrrole nitrogens is 1. The van der Waals surface area contributed by atoms with E-state index in [0.29, 0.717) is 40.4 Å². The molecule has 2 N–H and O–H groups in total. The SMILES string of the molecule is COCCC1(NC(=O)c2ccc(-n3[nH]cc(-c4ccc(C#N)cc4OC)c3=O)nc2)CC1. The Kier molecular flexibility index (Phi) is 5.79. The van der Waals surface area contributed by atoms with E-state index in [1.165, 1.54) is 18.0 Å². The molecule has 9 heteroatoms. The maximum Gasteiger partial charge on any atom is 0.280 e. The van der Waals surface area contributed by atoms with Crippen molar-refractivity contribution in [1.29, 1.82) is 5.26 Å². The molecule has 9 nitrogen and oxygen atoms in total. The molecule has 0 saturated heterocycles. The Bertz CT molecular complexity index is 1230. The van der Waals surface area contributed by atoms with Gasteiger partial charge in [0.05, 0.1) is 29.9 Å². The first kappa shape index (κ1) is 21.3. The molecule has 164 valence electrons. The Morgan fingerprint density at radius 3 is 2.72 bits per heavy atom. The molecule has 0 unspecified atom stereocenters. The number of nitriles is 1. The molecular formula is C23H23N5O4. The average Bonchev–Trinajstić information content (AvgIpc) is 3.48. The second kappa shape index (κ2) is 8.69. The Balaban J connectivity index is 1.55. The second-order valence-electron chi connectivity index (χ2n) is 7.74. The Morgan fingerprint density at radius 2 is 2.09 bits per heavy atom. The Hall–Kier alpha value is -3.90. The highest BCUT2D eigenvalue weighted by atomic mass is 16.5. The van der Waals surface area contributed by atoms with Crippen LogP contribution in [0.2, 0.25) is 0 Å². The van der Waals surface area contributed by atoms with E-state index < -0.39 is 0 Å². The van der Waals surface area contributed by atoms with E-state index >= 15 is 0 Å². The molecule has 2 aromatic heterocycles.